The summed E-state index contributed by atoms with van der Waals surface area (Å²) in [5.74, 6) is 1.69. The molecule has 5 rings (SSSR count). The van der Waals surface area contributed by atoms with Gasteiger partial charge in [-0.2, -0.15) is 0 Å². The number of halogens is 1. The van der Waals surface area contributed by atoms with E-state index in [1.165, 1.54) is 16.7 Å². The molecular formula is C27H24ClNO. The molecule has 3 aromatic rings. The third kappa shape index (κ3) is 3.12. The Balaban J connectivity index is 1.82. The van der Waals surface area contributed by atoms with Gasteiger partial charge >= 0.3 is 0 Å². The van der Waals surface area contributed by atoms with E-state index < -0.39 is 0 Å². The van der Waals surface area contributed by atoms with E-state index in [1.807, 2.05) is 18.2 Å². The number of benzene rings is 3. The average molecular weight is 414 g/mol. The highest BCUT2D eigenvalue weighted by molar-refractivity contribution is 6.31. The molecule has 0 spiro atoms. The lowest BCUT2D eigenvalue weighted by molar-refractivity contribution is 0.514. The minimum absolute atomic E-state index is 0.0953. The predicted octanol–water partition coefficient (Wildman–Crippen LogP) is 7.81. The molecule has 0 unspecified atom stereocenters. The van der Waals surface area contributed by atoms with Crippen LogP contribution in [-0.4, -0.2) is 5.54 Å². The molecule has 0 bridgehead atoms. The summed E-state index contributed by atoms with van der Waals surface area (Å²) in [5, 5.41) is 4.37. The maximum Gasteiger partial charge on any atom is 0.136 e. The molecule has 150 valence electrons. The van der Waals surface area contributed by atoms with E-state index in [0.717, 1.165) is 39.4 Å². The first-order valence-electron chi connectivity index (χ1n) is 10.2. The van der Waals surface area contributed by atoms with Gasteiger partial charge in [-0.05, 0) is 80.3 Å². The first kappa shape index (κ1) is 19.0. The molecule has 0 fully saturated rings. The van der Waals surface area contributed by atoms with E-state index in [1.54, 1.807) is 0 Å². The summed E-state index contributed by atoms with van der Waals surface area (Å²) >= 11 is 6.35. The van der Waals surface area contributed by atoms with Gasteiger partial charge in [0.25, 0.3) is 0 Å². The Bertz CT molecular complexity index is 1250. The van der Waals surface area contributed by atoms with Crippen LogP contribution in [0.2, 0.25) is 5.02 Å². The number of ether oxygens (including phenoxy) is 1. The number of nitrogens with one attached hydrogen (secondary N) is 1. The largest absolute Gasteiger partial charge is 0.456 e. The van der Waals surface area contributed by atoms with E-state index in [4.69, 9.17) is 16.3 Å². The first-order valence-corrected chi connectivity index (χ1v) is 10.6. The number of rotatable bonds is 1. The van der Waals surface area contributed by atoms with Crippen LogP contribution in [0.15, 0.2) is 60.7 Å². The molecule has 2 aliphatic rings. The molecular weight excluding hydrogens is 390 g/mol. The fourth-order valence-electron chi connectivity index (χ4n) is 4.56. The lowest BCUT2D eigenvalue weighted by atomic mass is 9.83. The molecule has 2 aliphatic heterocycles. The van der Waals surface area contributed by atoms with Gasteiger partial charge in [0.05, 0.1) is 5.54 Å². The van der Waals surface area contributed by atoms with Crippen LogP contribution in [0.1, 0.15) is 43.0 Å². The zero-order valence-corrected chi connectivity index (χ0v) is 18.4. The van der Waals surface area contributed by atoms with Crippen molar-refractivity contribution in [3.8, 4) is 16.9 Å². The fraction of sp³-hybridized carbons (Fsp3) is 0.185. The summed E-state index contributed by atoms with van der Waals surface area (Å²) in [5.41, 5.74) is 9.12. The highest BCUT2D eigenvalue weighted by Crippen LogP contribution is 2.49. The van der Waals surface area contributed by atoms with Crippen molar-refractivity contribution in [1.82, 2.24) is 0 Å². The Labute approximate surface area is 182 Å². The molecule has 3 aromatic carbocycles. The topological polar surface area (TPSA) is 21.3 Å². The van der Waals surface area contributed by atoms with Gasteiger partial charge < -0.3 is 10.1 Å². The third-order valence-electron chi connectivity index (χ3n) is 5.81. The molecule has 0 aliphatic carbocycles. The van der Waals surface area contributed by atoms with Gasteiger partial charge in [0.2, 0.25) is 0 Å². The second kappa shape index (κ2) is 6.78. The normalized spacial score (nSPS) is 17.2. The average Bonchev–Trinajstić information content (AvgIpc) is 2.68. The Kier molecular flexibility index (Phi) is 4.30. The van der Waals surface area contributed by atoms with Gasteiger partial charge in [0.15, 0.2) is 0 Å². The van der Waals surface area contributed by atoms with Gasteiger partial charge in [0, 0.05) is 27.4 Å². The maximum atomic E-state index is 6.49. The lowest BCUT2D eigenvalue weighted by Crippen LogP contribution is -2.32. The predicted molar refractivity (Wildman–Crippen MR) is 128 cm³/mol. The van der Waals surface area contributed by atoms with Crippen LogP contribution in [0.5, 0.6) is 5.75 Å². The standard InChI is InChI=1S/C27H24ClNO/c1-16-7-5-6-8-18(16)13-24-26-20(21-14-19(28)9-12-23(21)30-24)10-11-22-25(26)17(2)15-27(3,4)29-22/h5-15,29H,1-4H3/b24-13-. The maximum absolute atomic E-state index is 6.49. The number of allylic oxidation sites excluding steroid dienone is 1. The number of anilines is 1. The van der Waals surface area contributed by atoms with Gasteiger partial charge in [-0.1, -0.05) is 48.0 Å². The molecule has 1 N–H and O–H groups in total. The molecule has 2 nitrogen and oxygen atoms in total. The van der Waals surface area contributed by atoms with Gasteiger partial charge in [-0.25, -0.2) is 0 Å². The summed E-state index contributed by atoms with van der Waals surface area (Å²) in [7, 11) is 0. The second-order valence-corrected chi connectivity index (χ2v) is 9.13. The number of hydrogen-bond donors (Lipinski definition) is 1. The molecule has 0 aromatic heterocycles. The molecule has 0 atom stereocenters. The van der Waals surface area contributed by atoms with Crippen molar-refractivity contribution in [3.05, 3.63) is 87.9 Å². The van der Waals surface area contributed by atoms with Crippen LogP contribution in [0.25, 0.3) is 28.5 Å². The fourth-order valence-corrected chi connectivity index (χ4v) is 4.73. The van der Waals surface area contributed by atoms with Crippen LogP contribution >= 0.6 is 11.6 Å². The highest BCUT2D eigenvalue weighted by atomic mass is 35.5. The van der Waals surface area contributed by atoms with Crippen LogP contribution < -0.4 is 10.1 Å². The number of hydrogen-bond acceptors (Lipinski definition) is 2. The van der Waals surface area contributed by atoms with Gasteiger partial charge in [0.1, 0.15) is 11.5 Å². The van der Waals surface area contributed by atoms with E-state index in [2.05, 4.69) is 81.6 Å². The Morgan fingerprint density at radius 2 is 1.73 bits per heavy atom. The smallest absolute Gasteiger partial charge is 0.136 e. The molecule has 0 saturated heterocycles. The van der Waals surface area contributed by atoms with Crippen LogP contribution in [0, 0.1) is 6.92 Å². The van der Waals surface area contributed by atoms with E-state index in [-0.39, 0.29) is 5.54 Å². The molecule has 30 heavy (non-hydrogen) atoms. The minimum Gasteiger partial charge on any atom is -0.456 e. The molecule has 0 amide bonds. The van der Waals surface area contributed by atoms with E-state index in [9.17, 15) is 0 Å². The second-order valence-electron chi connectivity index (χ2n) is 8.69. The van der Waals surface area contributed by atoms with Gasteiger partial charge in [-0.3, -0.25) is 0 Å². The molecule has 2 heterocycles. The van der Waals surface area contributed by atoms with Crippen LogP contribution in [0.3, 0.4) is 0 Å². The van der Waals surface area contributed by atoms with Crippen molar-refractivity contribution in [2.24, 2.45) is 0 Å². The van der Waals surface area contributed by atoms with Crippen molar-refractivity contribution >= 4 is 34.7 Å². The molecule has 0 saturated carbocycles. The quantitative estimate of drug-likeness (QED) is 0.439. The summed E-state index contributed by atoms with van der Waals surface area (Å²) in [6.07, 6.45) is 4.44. The van der Waals surface area contributed by atoms with Crippen LogP contribution in [-0.2, 0) is 0 Å². The van der Waals surface area contributed by atoms with Crippen molar-refractivity contribution in [2.75, 3.05) is 5.32 Å². The third-order valence-corrected chi connectivity index (χ3v) is 6.04. The summed E-state index contributed by atoms with van der Waals surface area (Å²) in [6.45, 7) is 8.68. The van der Waals surface area contributed by atoms with E-state index in [0.29, 0.717) is 5.02 Å². The molecule has 0 radical (unpaired) electrons. The zero-order valence-electron chi connectivity index (χ0n) is 17.6. The monoisotopic (exact) mass is 413 g/mol. The molecule has 3 heteroatoms. The summed E-state index contributed by atoms with van der Waals surface area (Å²) in [6, 6.07) is 18.6. The van der Waals surface area contributed by atoms with Crippen molar-refractivity contribution in [3.63, 3.8) is 0 Å². The zero-order chi connectivity index (χ0) is 21.0. The van der Waals surface area contributed by atoms with Crippen molar-refractivity contribution < 1.29 is 4.74 Å². The van der Waals surface area contributed by atoms with Crippen molar-refractivity contribution in [2.45, 2.75) is 33.2 Å². The SMILES string of the molecule is CC1=CC(C)(C)Nc2ccc3c(c21)/C(=C/c1ccccc1C)Oc1ccc(Cl)cc1-3. The number of aryl methyl sites for hydroxylation is 1. The Hall–Kier alpha value is -2.97. The number of fused-ring (bicyclic) bond motifs is 5. The summed E-state index contributed by atoms with van der Waals surface area (Å²) in [4.78, 5) is 0. The summed E-state index contributed by atoms with van der Waals surface area (Å²) < 4.78 is 6.49. The minimum atomic E-state index is -0.0953. The van der Waals surface area contributed by atoms with Crippen LogP contribution in [0.4, 0.5) is 5.69 Å². The van der Waals surface area contributed by atoms with E-state index >= 15 is 0 Å². The Morgan fingerprint density at radius 1 is 0.933 bits per heavy atom. The Morgan fingerprint density at radius 3 is 2.53 bits per heavy atom. The van der Waals surface area contributed by atoms with Crippen molar-refractivity contribution in [1.29, 1.82) is 0 Å². The highest BCUT2D eigenvalue weighted by Gasteiger charge is 2.31. The lowest BCUT2D eigenvalue weighted by Gasteiger charge is -2.35. The first-order chi connectivity index (χ1) is 14.3. The van der Waals surface area contributed by atoms with Gasteiger partial charge in [-0.15, -0.1) is 0 Å².